The largest absolute Gasteiger partial charge is 0.329 e. The molecule has 0 fully saturated rings. The third-order valence-corrected chi connectivity index (χ3v) is 5.07. The van der Waals surface area contributed by atoms with Gasteiger partial charge in [0.25, 0.3) is 5.56 Å². The molecule has 1 N–H and O–H groups in total. The van der Waals surface area contributed by atoms with E-state index >= 15 is 0 Å². The SMILES string of the molecule is CCc1c(C(=O)c2cc(C)cc(C)n2)n(Cc2cccnc2Br)c(=O)[nH]c1=O. The molecule has 0 aromatic carbocycles. The maximum absolute atomic E-state index is 13.3. The molecule has 0 radical (unpaired) electrons. The van der Waals surface area contributed by atoms with Gasteiger partial charge in [-0.15, -0.1) is 0 Å². The molecule has 0 aliphatic carbocycles. The van der Waals surface area contributed by atoms with Gasteiger partial charge in [-0.1, -0.05) is 13.0 Å². The van der Waals surface area contributed by atoms with Crippen LogP contribution in [0.3, 0.4) is 0 Å². The Labute approximate surface area is 169 Å². The molecule has 3 heterocycles. The van der Waals surface area contributed by atoms with E-state index in [1.54, 1.807) is 38.2 Å². The Morgan fingerprint density at radius 1 is 1.25 bits per heavy atom. The summed E-state index contributed by atoms with van der Waals surface area (Å²) in [6, 6.07) is 7.05. The van der Waals surface area contributed by atoms with Gasteiger partial charge in [0.15, 0.2) is 0 Å². The molecule has 0 atom stereocenters. The smallest absolute Gasteiger partial charge is 0.285 e. The van der Waals surface area contributed by atoms with Gasteiger partial charge in [0.1, 0.15) is 16.0 Å². The number of aryl methyl sites for hydroxylation is 2. The standard InChI is InChI=1S/C20H19BrN4O3/c1-4-14-16(17(26)15-9-11(2)8-12(3)23-15)25(20(28)24-19(14)27)10-13-6-5-7-22-18(13)21/h5-9H,4,10H2,1-3H3,(H,24,27,28). The summed E-state index contributed by atoms with van der Waals surface area (Å²) in [7, 11) is 0. The van der Waals surface area contributed by atoms with Crippen molar-refractivity contribution in [2.24, 2.45) is 0 Å². The number of hydrogen-bond acceptors (Lipinski definition) is 5. The third-order valence-electron chi connectivity index (χ3n) is 4.36. The molecule has 0 aliphatic heterocycles. The van der Waals surface area contributed by atoms with Crippen LogP contribution in [0.5, 0.6) is 0 Å². The number of carbonyl (C=O) groups excluding carboxylic acids is 1. The van der Waals surface area contributed by atoms with Crippen LogP contribution in [-0.2, 0) is 13.0 Å². The Morgan fingerprint density at radius 2 is 2.00 bits per heavy atom. The van der Waals surface area contributed by atoms with E-state index < -0.39 is 17.0 Å². The fraction of sp³-hybridized carbons (Fsp3) is 0.250. The Kier molecular flexibility index (Phi) is 5.69. The molecule has 3 aromatic heterocycles. The first kappa shape index (κ1) is 19.9. The normalized spacial score (nSPS) is 10.9. The van der Waals surface area contributed by atoms with Crippen molar-refractivity contribution in [3.05, 3.63) is 89.7 Å². The lowest BCUT2D eigenvalue weighted by Crippen LogP contribution is -2.37. The third kappa shape index (κ3) is 3.87. The zero-order valence-corrected chi connectivity index (χ0v) is 17.3. The van der Waals surface area contributed by atoms with Crippen molar-refractivity contribution in [1.29, 1.82) is 0 Å². The topological polar surface area (TPSA) is 97.7 Å². The summed E-state index contributed by atoms with van der Waals surface area (Å²) in [5.74, 6) is -0.452. The van der Waals surface area contributed by atoms with E-state index in [4.69, 9.17) is 0 Å². The van der Waals surface area contributed by atoms with Crippen LogP contribution in [0.1, 0.15) is 45.5 Å². The first-order valence-electron chi connectivity index (χ1n) is 8.77. The van der Waals surface area contributed by atoms with Gasteiger partial charge in [-0.2, -0.15) is 0 Å². The van der Waals surface area contributed by atoms with E-state index in [0.717, 1.165) is 5.56 Å². The lowest BCUT2D eigenvalue weighted by Gasteiger charge is -2.15. The van der Waals surface area contributed by atoms with Gasteiger partial charge in [0, 0.05) is 23.0 Å². The van der Waals surface area contributed by atoms with Crippen LogP contribution < -0.4 is 11.2 Å². The zero-order valence-electron chi connectivity index (χ0n) is 15.7. The Morgan fingerprint density at radius 3 is 2.64 bits per heavy atom. The van der Waals surface area contributed by atoms with Crippen molar-refractivity contribution in [1.82, 2.24) is 19.5 Å². The summed E-state index contributed by atoms with van der Waals surface area (Å²) in [4.78, 5) is 49.1. The van der Waals surface area contributed by atoms with Crippen LogP contribution in [0, 0.1) is 13.8 Å². The highest BCUT2D eigenvalue weighted by Gasteiger charge is 2.23. The number of carbonyl (C=O) groups is 1. The molecule has 0 aliphatic rings. The Bertz CT molecular complexity index is 1160. The van der Waals surface area contributed by atoms with E-state index in [1.807, 2.05) is 13.0 Å². The average Bonchev–Trinajstić information content (AvgIpc) is 2.63. The highest BCUT2D eigenvalue weighted by molar-refractivity contribution is 9.10. The molecular weight excluding hydrogens is 424 g/mol. The first-order chi connectivity index (χ1) is 13.3. The second kappa shape index (κ2) is 8.02. The van der Waals surface area contributed by atoms with Crippen LogP contribution in [0.15, 0.2) is 44.7 Å². The molecule has 3 aromatic rings. The summed E-state index contributed by atoms with van der Waals surface area (Å²) in [5, 5.41) is 0. The van der Waals surface area contributed by atoms with E-state index in [0.29, 0.717) is 22.3 Å². The maximum Gasteiger partial charge on any atom is 0.329 e. The molecule has 0 amide bonds. The summed E-state index contributed by atoms with van der Waals surface area (Å²) < 4.78 is 1.85. The van der Waals surface area contributed by atoms with Gasteiger partial charge < -0.3 is 0 Å². The van der Waals surface area contributed by atoms with Gasteiger partial charge in [-0.3, -0.25) is 19.1 Å². The van der Waals surface area contributed by atoms with Gasteiger partial charge in [0.2, 0.25) is 5.78 Å². The van der Waals surface area contributed by atoms with Crippen molar-refractivity contribution in [3.8, 4) is 0 Å². The molecule has 0 spiro atoms. The van der Waals surface area contributed by atoms with Crippen molar-refractivity contribution in [2.45, 2.75) is 33.7 Å². The highest BCUT2D eigenvalue weighted by Crippen LogP contribution is 2.17. The van der Waals surface area contributed by atoms with E-state index in [-0.39, 0.29) is 23.5 Å². The van der Waals surface area contributed by atoms with Crippen molar-refractivity contribution >= 4 is 21.7 Å². The summed E-state index contributed by atoms with van der Waals surface area (Å²) in [5.41, 5.74) is 1.59. The van der Waals surface area contributed by atoms with Gasteiger partial charge >= 0.3 is 5.69 Å². The lowest BCUT2D eigenvalue weighted by molar-refractivity contribution is 0.102. The molecule has 0 bridgehead atoms. The average molecular weight is 443 g/mol. The van der Waals surface area contributed by atoms with Gasteiger partial charge in [0.05, 0.1) is 6.54 Å². The molecule has 7 nitrogen and oxygen atoms in total. The first-order valence-corrected chi connectivity index (χ1v) is 9.56. The predicted octanol–water partition coefficient (Wildman–Crippen LogP) is 2.55. The van der Waals surface area contributed by atoms with Crippen LogP contribution in [-0.4, -0.2) is 25.3 Å². The van der Waals surface area contributed by atoms with Crippen molar-refractivity contribution in [3.63, 3.8) is 0 Å². The highest BCUT2D eigenvalue weighted by atomic mass is 79.9. The minimum atomic E-state index is -0.648. The number of halogens is 1. The minimum absolute atomic E-state index is 0.0597. The second-order valence-corrected chi connectivity index (χ2v) is 7.23. The number of pyridine rings is 2. The predicted molar refractivity (Wildman–Crippen MR) is 109 cm³/mol. The van der Waals surface area contributed by atoms with Crippen LogP contribution in [0.2, 0.25) is 0 Å². The fourth-order valence-corrected chi connectivity index (χ4v) is 3.51. The number of ketones is 1. The van der Waals surface area contributed by atoms with Crippen LogP contribution >= 0.6 is 15.9 Å². The van der Waals surface area contributed by atoms with Crippen LogP contribution in [0.4, 0.5) is 0 Å². The molecular formula is C20H19BrN4O3. The molecule has 8 heteroatoms. The number of nitrogens with one attached hydrogen (secondary N) is 1. The minimum Gasteiger partial charge on any atom is -0.285 e. The van der Waals surface area contributed by atoms with Crippen molar-refractivity contribution < 1.29 is 4.79 Å². The number of H-pyrrole nitrogens is 1. The molecule has 0 saturated carbocycles. The van der Waals surface area contributed by atoms with Gasteiger partial charge in [-0.05, 0) is 60.0 Å². The number of aromatic amines is 1. The molecule has 144 valence electrons. The quantitative estimate of drug-likeness (QED) is 0.483. The second-order valence-electron chi connectivity index (χ2n) is 6.48. The van der Waals surface area contributed by atoms with E-state index in [9.17, 15) is 14.4 Å². The fourth-order valence-electron chi connectivity index (χ4n) is 3.14. The summed E-state index contributed by atoms with van der Waals surface area (Å²) in [6.07, 6.45) is 1.92. The number of aromatic nitrogens is 4. The molecule has 28 heavy (non-hydrogen) atoms. The van der Waals surface area contributed by atoms with E-state index in [1.165, 1.54) is 4.57 Å². The number of hydrogen-bond donors (Lipinski definition) is 1. The van der Waals surface area contributed by atoms with Crippen molar-refractivity contribution in [2.75, 3.05) is 0 Å². The number of rotatable bonds is 5. The molecule has 0 saturated heterocycles. The molecule has 0 unspecified atom stereocenters. The molecule has 3 rings (SSSR count). The number of nitrogens with zero attached hydrogens (tertiary/aromatic N) is 3. The maximum atomic E-state index is 13.3. The van der Waals surface area contributed by atoms with Crippen LogP contribution in [0.25, 0.3) is 0 Å². The lowest BCUT2D eigenvalue weighted by atomic mass is 10.0. The zero-order chi connectivity index (χ0) is 20.4. The van der Waals surface area contributed by atoms with E-state index in [2.05, 4.69) is 30.9 Å². The van der Waals surface area contributed by atoms with Gasteiger partial charge in [-0.25, -0.2) is 14.8 Å². The summed E-state index contributed by atoms with van der Waals surface area (Å²) in [6.45, 7) is 5.51. The monoisotopic (exact) mass is 442 g/mol. The Hall–Kier alpha value is -2.87. The Balaban J connectivity index is 2.26. The summed E-state index contributed by atoms with van der Waals surface area (Å²) >= 11 is 3.36.